The van der Waals surface area contributed by atoms with Crippen LogP contribution in [0, 0.1) is 5.41 Å². The highest BCUT2D eigenvalue weighted by atomic mass is 14.9. The molecule has 1 aromatic heterocycles. The van der Waals surface area contributed by atoms with Crippen molar-refractivity contribution in [1.82, 2.24) is 4.98 Å². The molecule has 18 heavy (non-hydrogen) atoms. The van der Waals surface area contributed by atoms with Crippen molar-refractivity contribution >= 4 is 17.1 Å². The van der Waals surface area contributed by atoms with Crippen LogP contribution >= 0.6 is 0 Å². The zero-order valence-electron chi connectivity index (χ0n) is 10.2. The van der Waals surface area contributed by atoms with Crippen LogP contribution in [0.2, 0.25) is 0 Å². The average molecular weight is 240 g/mol. The predicted octanol–water partition coefficient (Wildman–Crippen LogP) is 2.54. The molecular formula is C14H16N4. The lowest BCUT2D eigenvalue weighted by Gasteiger charge is -2.14. The predicted molar refractivity (Wildman–Crippen MR) is 74.4 cm³/mol. The number of nitrogens with zero attached hydrogens (tertiary/aromatic N) is 1. The molecule has 4 N–H and O–H groups in total. The highest BCUT2D eigenvalue weighted by molar-refractivity contribution is 6.06. The molecule has 0 bridgehead atoms. The first-order valence-electron chi connectivity index (χ1n) is 5.79. The smallest absolute Gasteiger partial charge is 0.0571 e. The minimum absolute atomic E-state index is 0.290. The molecule has 0 fully saturated rings. The van der Waals surface area contributed by atoms with Gasteiger partial charge in [-0.25, -0.2) is 0 Å². The second-order valence-electron chi connectivity index (χ2n) is 4.11. The van der Waals surface area contributed by atoms with E-state index < -0.39 is 0 Å². The van der Waals surface area contributed by atoms with Gasteiger partial charge in [0.1, 0.15) is 0 Å². The summed E-state index contributed by atoms with van der Waals surface area (Å²) in [6.45, 7) is 1.81. The molecule has 1 aromatic carbocycles. The zero-order valence-corrected chi connectivity index (χ0v) is 10.2. The van der Waals surface area contributed by atoms with E-state index in [1.807, 2.05) is 43.3 Å². The minimum atomic E-state index is -0.290. The molecule has 2 aromatic rings. The van der Waals surface area contributed by atoms with Crippen LogP contribution in [0.1, 0.15) is 12.5 Å². The molecule has 0 amide bonds. The quantitative estimate of drug-likeness (QED) is 0.719. The highest BCUT2D eigenvalue weighted by Gasteiger charge is 2.10. The van der Waals surface area contributed by atoms with Crippen LogP contribution in [-0.4, -0.2) is 16.7 Å². The van der Waals surface area contributed by atoms with Crippen molar-refractivity contribution in [2.75, 3.05) is 5.32 Å². The molecule has 2 rings (SSSR count). The van der Waals surface area contributed by atoms with Gasteiger partial charge in [-0.3, -0.25) is 4.98 Å². The molecule has 1 unspecified atom stereocenters. The Kier molecular flexibility index (Phi) is 3.69. The van der Waals surface area contributed by atoms with Crippen LogP contribution in [0.4, 0.5) is 11.4 Å². The Morgan fingerprint density at radius 1 is 1.28 bits per heavy atom. The van der Waals surface area contributed by atoms with Gasteiger partial charge in [-0.2, -0.15) is 0 Å². The Morgan fingerprint density at radius 3 is 2.72 bits per heavy atom. The van der Waals surface area contributed by atoms with Crippen LogP contribution in [0.25, 0.3) is 0 Å². The van der Waals surface area contributed by atoms with Gasteiger partial charge in [-0.15, -0.1) is 0 Å². The van der Waals surface area contributed by atoms with E-state index in [2.05, 4.69) is 10.3 Å². The van der Waals surface area contributed by atoms with E-state index in [4.69, 9.17) is 11.1 Å². The summed E-state index contributed by atoms with van der Waals surface area (Å²) >= 11 is 0. The fraction of sp³-hybridized carbons (Fsp3) is 0.143. The monoisotopic (exact) mass is 240 g/mol. The van der Waals surface area contributed by atoms with Gasteiger partial charge < -0.3 is 16.5 Å². The van der Waals surface area contributed by atoms with E-state index in [-0.39, 0.29) is 6.04 Å². The van der Waals surface area contributed by atoms with Crippen molar-refractivity contribution in [3.8, 4) is 0 Å². The van der Waals surface area contributed by atoms with Gasteiger partial charge in [-0.1, -0.05) is 18.2 Å². The molecule has 1 heterocycles. The van der Waals surface area contributed by atoms with Gasteiger partial charge in [0.15, 0.2) is 0 Å². The maximum absolute atomic E-state index is 8.01. The lowest BCUT2D eigenvalue weighted by molar-refractivity contribution is 0.965. The van der Waals surface area contributed by atoms with Gasteiger partial charge in [-0.05, 0) is 25.1 Å². The first kappa shape index (κ1) is 12.3. The van der Waals surface area contributed by atoms with Gasteiger partial charge in [0.2, 0.25) is 0 Å². The summed E-state index contributed by atoms with van der Waals surface area (Å²) in [4.78, 5) is 4.05. The fourth-order valence-corrected chi connectivity index (χ4v) is 1.66. The maximum Gasteiger partial charge on any atom is 0.0571 e. The molecule has 0 saturated carbocycles. The molecule has 0 aliphatic heterocycles. The second-order valence-corrected chi connectivity index (χ2v) is 4.11. The molecule has 0 aliphatic carbocycles. The third kappa shape index (κ3) is 2.73. The molecule has 0 spiro atoms. The number of benzene rings is 1. The Morgan fingerprint density at radius 2 is 2.06 bits per heavy atom. The third-order valence-corrected chi connectivity index (χ3v) is 2.61. The Hall–Kier alpha value is -2.20. The van der Waals surface area contributed by atoms with E-state index in [1.54, 1.807) is 12.4 Å². The first-order chi connectivity index (χ1) is 8.68. The summed E-state index contributed by atoms with van der Waals surface area (Å²) in [7, 11) is 0. The van der Waals surface area contributed by atoms with E-state index in [0.29, 0.717) is 5.71 Å². The largest absolute Gasteiger partial charge is 0.354 e. The van der Waals surface area contributed by atoms with Crippen LogP contribution in [-0.2, 0) is 0 Å². The van der Waals surface area contributed by atoms with E-state index in [9.17, 15) is 0 Å². The van der Waals surface area contributed by atoms with Gasteiger partial charge in [0.25, 0.3) is 0 Å². The molecule has 0 aliphatic rings. The van der Waals surface area contributed by atoms with Crippen molar-refractivity contribution in [3.05, 3.63) is 54.4 Å². The summed E-state index contributed by atoms with van der Waals surface area (Å²) in [6, 6.07) is 11.2. The van der Waals surface area contributed by atoms with Crippen molar-refractivity contribution in [2.24, 2.45) is 5.73 Å². The Bertz CT molecular complexity index is 535. The summed E-state index contributed by atoms with van der Waals surface area (Å²) in [5.41, 5.74) is 8.76. The molecular weight excluding hydrogens is 224 g/mol. The number of aromatic nitrogens is 1. The van der Waals surface area contributed by atoms with Crippen LogP contribution < -0.4 is 11.1 Å². The number of hydrogen-bond acceptors (Lipinski definition) is 4. The normalized spacial score (nSPS) is 11.9. The zero-order chi connectivity index (χ0) is 13.0. The summed E-state index contributed by atoms with van der Waals surface area (Å²) in [5, 5.41) is 11.3. The van der Waals surface area contributed by atoms with Gasteiger partial charge in [0, 0.05) is 23.5 Å². The van der Waals surface area contributed by atoms with E-state index in [1.165, 1.54) is 0 Å². The molecule has 0 radical (unpaired) electrons. The van der Waals surface area contributed by atoms with Crippen LogP contribution in [0.5, 0.6) is 0 Å². The molecule has 4 heteroatoms. The van der Waals surface area contributed by atoms with Crippen LogP contribution in [0.3, 0.4) is 0 Å². The van der Waals surface area contributed by atoms with E-state index in [0.717, 1.165) is 16.9 Å². The lowest BCUT2D eigenvalue weighted by Crippen LogP contribution is -2.27. The highest BCUT2D eigenvalue weighted by Crippen LogP contribution is 2.21. The Balaban J connectivity index is 2.31. The number of rotatable bonds is 4. The first-order valence-corrected chi connectivity index (χ1v) is 5.79. The van der Waals surface area contributed by atoms with Crippen LogP contribution in [0.15, 0.2) is 48.8 Å². The van der Waals surface area contributed by atoms with Gasteiger partial charge >= 0.3 is 0 Å². The SMILES string of the molecule is CC(N)C(=N)c1ccccc1Nc1cccnc1. The second kappa shape index (κ2) is 5.42. The number of anilines is 2. The number of nitrogens with one attached hydrogen (secondary N) is 2. The summed E-state index contributed by atoms with van der Waals surface area (Å²) in [6.07, 6.45) is 3.47. The standard InChI is InChI=1S/C14H16N4/c1-10(15)14(16)12-6-2-3-7-13(12)18-11-5-4-8-17-9-11/h2-10,16,18H,15H2,1H3. The average Bonchev–Trinajstić information content (AvgIpc) is 2.39. The lowest BCUT2D eigenvalue weighted by atomic mass is 10.0. The molecule has 0 saturated heterocycles. The van der Waals surface area contributed by atoms with Crippen molar-refractivity contribution in [1.29, 1.82) is 5.41 Å². The maximum atomic E-state index is 8.01. The number of nitrogens with two attached hydrogens (primary N) is 1. The van der Waals surface area contributed by atoms with Crippen molar-refractivity contribution in [2.45, 2.75) is 13.0 Å². The minimum Gasteiger partial charge on any atom is -0.354 e. The van der Waals surface area contributed by atoms with E-state index >= 15 is 0 Å². The number of hydrogen-bond donors (Lipinski definition) is 3. The van der Waals surface area contributed by atoms with Crippen molar-refractivity contribution < 1.29 is 0 Å². The Labute approximate surface area is 106 Å². The summed E-state index contributed by atoms with van der Waals surface area (Å²) < 4.78 is 0. The number of pyridine rings is 1. The molecule has 92 valence electrons. The van der Waals surface area contributed by atoms with Crippen molar-refractivity contribution in [3.63, 3.8) is 0 Å². The number of para-hydroxylation sites is 1. The fourth-order valence-electron chi connectivity index (χ4n) is 1.66. The summed E-state index contributed by atoms with van der Waals surface area (Å²) in [5.74, 6) is 0. The molecule has 4 nitrogen and oxygen atoms in total. The molecule has 1 atom stereocenters. The third-order valence-electron chi connectivity index (χ3n) is 2.61. The van der Waals surface area contributed by atoms with Gasteiger partial charge in [0.05, 0.1) is 17.6 Å². The topological polar surface area (TPSA) is 74.8 Å².